The van der Waals surface area contributed by atoms with Gasteiger partial charge < -0.3 is 74.8 Å². The summed E-state index contributed by atoms with van der Waals surface area (Å²) in [6.45, 7) is -0.183. The van der Waals surface area contributed by atoms with Gasteiger partial charge in [-0.05, 0) is 0 Å². The molecule has 1 saturated heterocycles. The van der Waals surface area contributed by atoms with Gasteiger partial charge in [0.25, 0.3) is 15.6 Å². The first kappa shape index (κ1) is 45.4. The van der Waals surface area contributed by atoms with Crippen molar-refractivity contribution in [3.8, 4) is 0 Å². The van der Waals surface area contributed by atoms with Gasteiger partial charge in [0.1, 0.15) is 36.3 Å². The molecule has 3 heterocycles. The van der Waals surface area contributed by atoms with E-state index in [1.807, 2.05) is 0 Å². The number of nitrogens with one attached hydrogen (secondary N) is 2. The van der Waals surface area contributed by atoms with Crippen LogP contribution in [0.1, 0.15) is 32.9 Å². The van der Waals surface area contributed by atoms with Crippen molar-refractivity contribution in [3.05, 3.63) is 12.7 Å². The lowest BCUT2D eigenvalue weighted by atomic mass is 9.87. The standard InChI is InChI=1S/C24H39N8O18P3S/c1-24(2,19(37)22(38)28-4-3-14(34)27-5-6-54-15(35)7-13(25)33)9-47-53(44,45)50-52(42,43)46-8-12-18(49-51(39,40)41)17(36)23(48-12)32-11-31-16-20(26)29-10-30-21(16)32/h10-12,17-19,23,36-37H,3-9H2,1-2H3,(H2,25,33)(H,27,34)(H,28,38)(H,42,43)(H,44,45)(H2,26,29,30)(H2,39,40,41)/p-4/t12-,17-,18-,19+,23-/m1/s1. The molecule has 8 N–H and O–H groups in total. The number of primary amides is 1. The highest BCUT2D eigenvalue weighted by Gasteiger charge is 2.47. The first-order valence-electron chi connectivity index (χ1n) is 15.2. The maximum absolute atomic E-state index is 12.5. The first-order chi connectivity index (χ1) is 24.9. The summed E-state index contributed by atoms with van der Waals surface area (Å²) in [6.07, 6.45) is -8.19. The van der Waals surface area contributed by atoms with Crippen LogP contribution in [0.5, 0.6) is 0 Å². The molecule has 0 aromatic carbocycles. The lowest BCUT2D eigenvalue weighted by Crippen LogP contribution is -2.46. The van der Waals surface area contributed by atoms with E-state index in [1.165, 1.54) is 13.8 Å². The molecule has 1 fully saturated rings. The lowest BCUT2D eigenvalue weighted by molar-refractivity contribution is -0.347. The Labute approximate surface area is 309 Å². The number of imidazole rings is 1. The van der Waals surface area contributed by atoms with Crippen molar-refractivity contribution in [2.24, 2.45) is 11.1 Å². The number of nitrogen functional groups attached to an aromatic ring is 1. The van der Waals surface area contributed by atoms with Crippen molar-refractivity contribution in [2.75, 3.05) is 37.8 Å². The van der Waals surface area contributed by atoms with Crippen molar-refractivity contribution < 1.29 is 85.3 Å². The molecule has 26 nitrogen and oxygen atoms in total. The molecule has 3 amide bonds. The van der Waals surface area contributed by atoms with Gasteiger partial charge in [0.2, 0.25) is 17.7 Å². The summed E-state index contributed by atoms with van der Waals surface area (Å²) in [5.41, 5.74) is 8.92. The Hall–Kier alpha value is -2.97. The number of aromatic nitrogens is 4. The Morgan fingerprint density at radius 2 is 1.74 bits per heavy atom. The molecular formula is C24H35N8O18P3S-4. The molecule has 1 aliphatic heterocycles. The van der Waals surface area contributed by atoms with Gasteiger partial charge in [-0.3, -0.25) is 32.9 Å². The van der Waals surface area contributed by atoms with E-state index in [0.717, 1.165) is 29.0 Å². The number of phosphoric ester groups is 3. The number of thioether (sulfide) groups is 1. The molecular weight excluding hydrogens is 813 g/mol. The van der Waals surface area contributed by atoms with E-state index >= 15 is 0 Å². The van der Waals surface area contributed by atoms with Crippen molar-refractivity contribution in [3.63, 3.8) is 0 Å². The van der Waals surface area contributed by atoms with Crippen LogP contribution >= 0.6 is 35.2 Å². The monoisotopic (exact) mass is 848 g/mol. The van der Waals surface area contributed by atoms with Gasteiger partial charge in [0.15, 0.2) is 22.8 Å². The van der Waals surface area contributed by atoms with Crippen LogP contribution in [0.3, 0.4) is 0 Å². The van der Waals surface area contributed by atoms with E-state index in [9.17, 15) is 62.7 Å². The molecule has 0 saturated carbocycles. The Morgan fingerprint density at radius 1 is 1.07 bits per heavy atom. The molecule has 2 aromatic heterocycles. The minimum atomic E-state index is -5.93. The van der Waals surface area contributed by atoms with Crippen LogP contribution in [-0.2, 0) is 55.5 Å². The molecule has 7 atom stereocenters. The summed E-state index contributed by atoms with van der Waals surface area (Å²) < 4.78 is 60.2. The highest BCUT2D eigenvalue weighted by atomic mass is 32.2. The van der Waals surface area contributed by atoms with Crippen LogP contribution in [0, 0.1) is 5.41 Å². The molecule has 0 bridgehead atoms. The number of aliphatic hydroxyl groups is 2. The van der Waals surface area contributed by atoms with E-state index in [2.05, 4.69) is 43.5 Å². The maximum Gasteiger partial charge on any atom is 0.274 e. The Morgan fingerprint density at radius 3 is 2.39 bits per heavy atom. The number of anilines is 1. The molecule has 2 aromatic rings. The highest BCUT2D eigenvalue weighted by Crippen LogP contribution is 2.56. The third-order valence-electron chi connectivity index (χ3n) is 7.06. The fourth-order valence-corrected chi connectivity index (χ4v) is 7.88. The predicted molar refractivity (Wildman–Crippen MR) is 172 cm³/mol. The molecule has 3 rings (SSSR count). The molecule has 0 aliphatic carbocycles. The summed E-state index contributed by atoms with van der Waals surface area (Å²) in [7, 11) is -17.6. The lowest BCUT2D eigenvalue weighted by Gasteiger charge is -2.36. The number of carbonyl (C=O) groups is 4. The van der Waals surface area contributed by atoms with Gasteiger partial charge in [-0.25, -0.2) is 19.3 Å². The minimum Gasteiger partial charge on any atom is -0.790 e. The van der Waals surface area contributed by atoms with Crippen molar-refractivity contribution in [1.29, 1.82) is 0 Å². The average Bonchev–Trinajstić information content (AvgIpc) is 3.60. The highest BCUT2D eigenvalue weighted by molar-refractivity contribution is 8.13. The zero-order valence-electron chi connectivity index (χ0n) is 28.1. The number of carbonyl (C=O) groups excluding carboxylic acids is 4. The summed E-state index contributed by atoms with van der Waals surface area (Å²) in [4.78, 5) is 106. The Bertz CT molecular complexity index is 1830. The summed E-state index contributed by atoms with van der Waals surface area (Å²) in [5.74, 6) is -2.32. The third-order valence-corrected chi connectivity index (χ3v) is 10.9. The SMILES string of the molecule is CC(C)(COP(=O)([O-])OP(=O)([O-])OC[C@H]1O[C@@H](n2cnc3c(N)ncnc32)[C@H](O)[C@@H]1OP(=O)([O-])[O-])[C@@H](O)C(=O)NCCC(=O)NCCSC(=O)CC(N)=O. The smallest absolute Gasteiger partial charge is 0.274 e. The van der Waals surface area contributed by atoms with Gasteiger partial charge in [-0.15, -0.1) is 0 Å². The summed E-state index contributed by atoms with van der Waals surface area (Å²) in [6, 6.07) is 0. The number of phosphoric acid groups is 3. The number of nitrogens with two attached hydrogens (primary N) is 2. The molecule has 1 aliphatic rings. The zero-order chi connectivity index (χ0) is 40.6. The first-order valence-corrected chi connectivity index (χ1v) is 20.5. The van der Waals surface area contributed by atoms with Crippen LogP contribution < -0.4 is 41.7 Å². The van der Waals surface area contributed by atoms with E-state index in [-0.39, 0.29) is 42.2 Å². The number of amides is 3. The van der Waals surface area contributed by atoms with Crippen LogP contribution in [-0.4, -0.2) is 109 Å². The van der Waals surface area contributed by atoms with E-state index in [0.29, 0.717) is 0 Å². The molecule has 0 spiro atoms. The average molecular weight is 849 g/mol. The maximum atomic E-state index is 12.5. The number of hydrogen-bond acceptors (Lipinski definition) is 23. The quantitative estimate of drug-likeness (QED) is 0.0389. The number of hydrogen-bond donors (Lipinski definition) is 6. The van der Waals surface area contributed by atoms with Gasteiger partial charge in [0, 0.05) is 30.7 Å². The summed E-state index contributed by atoms with van der Waals surface area (Å²) >= 11 is 0.786. The fraction of sp³-hybridized carbons (Fsp3) is 0.625. The second-order valence-electron chi connectivity index (χ2n) is 11.8. The minimum absolute atomic E-state index is 0.0306. The summed E-state index contributed by atoms with van der Waals surface area (Å²) in [5, 5.41) is 25.5. The number of nitrogens with zero attached hydrogens (tertiary/aromatic N) is 4. The predicted octanol–water partition coefficient (Wildman–Crippen LogP) is -4.99. The second kappa shape index (κ2) is 18.8. The van der Waals surface area contributed by atoms with E-state index in [4.69, 9.17) is 16.2 Å². The number of ether oxygens (including phenoxy) is 1. The molecule has 0 radical (unpaired) electrons. The fourth-order valence-electron chi connectivity index (χ4n) is 4.47. The van der Waals surface area contributed by atoms with Gasteiger partial charge in [-0.1, -0.05) is 25.6 Å². The second-order valence-corrected chi connectivity index (χ2v) is 17.1. The normalized spacial score (nSPS) is 21.9. The van der Waals surface area contributed by atoms with Crippen molar-refractivity contribution >= 4 is 75.0 Å². The Kier molecular flexibility index (Phi) is 15.8. The van der Waals surface area contributed by atoms with Crippen molar-refractivity contribution in [1.82, 2.24) is 30.2 Å². The molecule has 54 heavy (non-hydrogen) atoms. The molecule has 30 heteroatoms. The topological polar surface area (TPSA) is 418 Å². The largest absolute Gasteiger partial charge is 0.790 e. The van der Waals surface area contributed by atoms with Crippen LogP contribution in [0.25, 0.3) is 11.2 Å². The Balaban J connectivity index is 1.51. The van der Waals surface area contributed by atoms with Crippen LogP contribution in [0.4, 0.5) is 5.82 Å². The number of aliphatic hydroxyl groups excluding tert-OH is 2. The van der Waals surface area contributed by atoms with E-state index in [1.54, 1.807) is 0 Å². The number of rotatable bonds is 21. The third kappa shape index (κ3) is 13.6. The van der Waals surface area contributed by atoms with Gasteiger partial charge >= 0.3 is 0 Å². The van der Waals surface area contributed by atoms with Crippen LogP contribution in [0.2, 0.25) is 0 Å². The molecule has 304 valence electrons. The van der Waals surface area contributed by atoms with E-state index < -0.39 is 102 Å². The zero-order valence-corrected chi connectivity index (χ0v) is 31.6. The van der Waals surface area contributed by atoms with Gasteiger partial charge in [-0.2, -0.15) is 0 Å². The van der Waals surface area contributed by atoms with Crippen LogP contribution in [0.15, 0.2) is 12.7 Å². The number of fused-ring (bicyclic) bond motifs is 1. The van der Waals surface area contributed by atoms with Crippen molar-refractivity contribution in [2.45, 2.75) is 57.3 Å². The molecule has 2 unspecified atom stereocenters. The van der Waals surface area contributed by atoms with Gasteiger partial charge in [0.05, 0.1) is 33.8 Å².